The topological polar surface area (TPSA) is 80.3 Å². The van der Waals surface area contributed by atoms with E-state index < -0.39 is 47.6 Å². The van der Waals surface area contributed by atoms with E-state index in [2.05, 4.69) is 10.3 Å². The number of hydrogen-bond donors (Lipinski definition) is 2. The van der Waals surface area contributed by atoms with Gasteiger partial charge in [0.15, 0.2) is 0 Å². The molecule has 0 saturated carbocycles. The number of aromatic nitrogens is 1. The fourth-order valence-electron chi connectivity index (χ4n) is 3.63. The number of alkyl halides is 2. The van der Waals surface area contributed by atoms with Crippen LogP contribution >= 0.6 is 11.6 Å². The number of carbonyl (C=O) groups is 2. The van der Waals surface area contributed by atoms with E-state index in [4.69, 9.17) is 16.3 Å². The number of nitrogens with one attached hydrogen (secondary N) is 2. The van der Waals surface area contributed by atoms with Crippen molar-refractivity contribution in [3.05, 3.63) is 93.8 Å². The number of halogens is 5. The standard InChI is InChI=1S/C23H16ClF4N3O3/c24-16-9-12(4-6-17(16)25)30-21(32)14-5-7-18(26)19-15(14)10-23(27,28)20(19)31-22(33)34-11-13-3-1-2-8-29-13/h1-9,20H,10-11H2,(H,30,32)(H,31,33). The summed E-state index contributed by atoms with van der Waals surface area (Å²) in [5.74, 6) is -6.13. The van der Waals surface area contributed by atoms with Crippen molar-refractivity contribution in [2.75, 3.05) is 5.32 Å². The molecule has 0 radical (unpaired) electrons. The highest BCUT2D eigenvalue weighted by molar-refractivity contribution is 6.31. The predicted octanol–water partition coefficient (Wildman–Crippen LogP) is 5.42. The number of rotatable bonds is 5. The summed E-state index contributed by atoms with van der Waals surface area (Å²) in [5, 5.41) is 4.17. The van der Waals surface area contributed by atoms with Gasteiger partial charge in [-0.25, -0.2) is 22.4 Å². The van der Waals surface area contributed by atoms with E-state index >= 15 is 0 Å². The molecule has 1 aliphatic carbocycles. The van der Waals surface area contributed by atoms with Crippen molar-refractivity contribution in [1.29, 1.82) is 0 Å². The van der Waals surface area contributed by atoms with Crippen LogP contribution in [0.1, 0.15) is 33.2 Å². The molecule has 176 valence electrons. The second kappa shape index (κ2) is 9.30. The third-order valence-electron chi connectivity index (χ3n) is 5.19. The second-order valence-corrected chi connectivity index (χ2v) is 7.89. The van der Waals surface area contributed by atoms with Crippen LogP contribution in [0, 0.1) is 11.6 Å². The van der Waals surface area contributed by atoms with Crippen LogP contribution < -0.4 is 10.6 Å². The van der Waals surface area contributed by atoms with Gasteiger partial charge in [-0.15, -0.1) is 0 Å². The molecule has 2 amide bonds. The van der Waals surface area contributed by atoms with Crippen molar-refractivity contribution in [1.82, 2.24) is 10.3 Å². The van der Waals surface area contributed by atoms with E-state index in [1.807, 2.05) is 5.32 Å². The molecule has 3 aromatic rings. The first-order valence-electron chi connectivity index (χ1n) is 9.94. The Kier molecular flexibility index (Phi) is 6.43. The normalized spacial score (nSPS) is 16.0. The smallest absolute Gasteiger partial charge is 0.408 e. The third-order valence-corrected chi connectivity index (χ3v) is 5.48. The summed E-state index contributed by atoms with van der Waals surface area (Å²) in [7, 11) is 0. The molecule has 0 bridgehead atoms. The highest BCUT2D eigenvalue weighted by atomic mass is 35.5. The number of ether oxygens (including phenoxy) is 1. The molecule has 0 spiro atoms. The average Bonchev–Trinajstić information content (AvgIpc) is 3.06. The summed E-state index contributed by atoms with van der Waals surface area (Å²) in [5.41, 5.74) is -0.479. The zero-order valence-corrected chi connectivity index (χ0v) is 18.0. The van der Waals surface area contributed by atoms with Gasteiger partial charge in [0.2, 0.25) is 0 Å². The molecule has 1 unspecified atom stereocenters. The second-order valence-electron chi connectivity index (χ2n) is 7.48. The van der Waals surface area contributed by atoms with Gasteiger partial charge in [-0.2, -0.15) is 0 Å². The summed E-state index contributed by atoms with van der Waals surface area (Å²) in [4.78, 5) is 28.9. The van der Waals surface area contributed by atoms with Crippen LogP contribution in [0.15, 0.2) is 54.7 Å². The summed E-state index contributed by atoms with van der Waals surface area (Å²) in [6, 6.07) is 8.17. The van der Waals surface area contributed by atoms with Gasteiger partial charge >= 0.3 is 6.09 Å². The van der Waals surface area contributed by atoms with Crippen molar-refractivity contribution in [2.45, 2.75) is 25.0 Å². The molecule has 4 rings (SSSR count). The van der Waals surface area contributed by atoms with Crippen molar-refractivity contribution in [3.8, 4) is 0 Å². The van der Waals surface area contributed by atoms with Gasteiger partial charge in [0.1, 0.15) is 24.3 Å². The van der Waals surface area contributed by atoms with E-state index in [-0.39, 0.29) is 28.4 Å². The lowest BCUT2D eigenvalue weighted by atomic mass is 10.0. The lowest BCUT2D eigenvalue weighted by Gasteiger charge is -2.21. The van der Waals surface area contributed by atoms with E-state index in [1.165, 1.54) is 12.3 Å². The number of nitrogens with zero attached hydrogens (tertiary/aromatic N) is 1. The van der Waals surface area contributed by atoms with Crippen molar-refractivity contribution < 1.29 is 31.9 Å². The van der Waals surface area contributed by atoms with Gasteiger partial charge in [-0.05, 0) is 48.0 Å². The summed E-state index contributed by atoms with van der Waals surface area (Å²) in [6.07, 6.45) is -0.712. The van der Waals surface area contributed by atoms with E-state index in [0.717, 1.165) is 24.3 Å². The highest BCUT2D eigenvalue weighted by Gasteiger charge is 2.51. The first kappa shape index (κ1) is 23.5. The quantitative estimate of drug-likeness (QED) is 0.465. The maximum Gasteiger partial charge on any atom is 0.408 e. The van der Waals surface area contributed by atoms with Crippen molar-refractivity contribution in [3.63, 3.8) is 0 Å². The number of carbonyl (C=O) groups excluding carboxylic acids is 2. The molecule has 0 saturated heterocycles. The van der Waals surface area contributed by atoms with E-state index in [0.29, 0.717) is 5.69 Å². The number of alkyl carbamates (subject to hydrolysis) is 1. The summed E-state index contributed by atoms with van der Waals surface area (Å²) < 4.78 is 62.6. The largest absolute Gasteiger partial charge is 0.443 e. The molecule has 11 heteroatoms. The Bertz CT molecular complexity index is 1260. The van der Waals surface area contributed by atoms with Crippen molar-refractivity contribution in [2.24, 2.45) is 0 Å². The minimum Gasteiger partial charge on any atom is -0.443 e. The van der Waals surface area contributed by atoms with Crippen LogP contribution in [0.25, 0.3) is 0 Å². The van der Waals surface area contributed by atoms with Gasteiger partial charge in [0, 0.05) is 29.4 Å². The fraction of sp³-hybridized carbons (Fsp3) is 0.174. The van der Waals surface area contributed by atoms with Crippen LogP contribution in [0.4, 0.5) is 28.0 Å². The van der Waals surface area contributed by atoms with Gasteiger partial charge in [0.25, 0.3) is 11.8 Å². The maximum atomic E-state index is 14.8. The van der Waals surface area contributed by atoms with E-state index in [9.17, 15) is 27.2 Å². The number of hydrogen-bond acceptors (Lipinski definition) is 4. The molecule has 2 aromatic carbocycles. The first-order chi connectivity index (χ1) is 16.2. The Labute approximate surface area is 195 Å². The Morgan fingerprint density at radius 3 is 2.59 bits per heavy atom. The molecule has 2 N–H and O–H groups in total. The molecule has 0 aliphatic heterocycles. The lowest BCUT2D eigenvalue weighted by Crippen LogP contribution is -2.38. The number of anilines is 1. The molecule has 1 aliphatic rings. The van der Waals surface area contributed by atoms with Crippen molar-refractivity contribution >= 4 is 29.3 Å². The van der Waals surface area contributed by atoms with E-state index in [1.54, 1.807) is 18.2 Å². The van der Waals surface area contributed by atoms with Gasteiger partial charge in [-0.1, -0.05) is 17.7 Å². The average molecular weight is 494 g/mol. The molecular formula is C23H16ClF4N3O3. The Hall–Kier alpha value is -3.66. The monoisotopic (exact) mass is 493 g/mol. The molecular weight excluding hydrogens is 478 g/mol. The minimum absolute atomic E-state index is 0.118. The number of benzene rings is 2. The Morgan fingerprint density at radius 2 is 1.88 bits per heavy atom. The molecule has 1 heterocycles. The van der Waals surface area contributed by atoms with Crippen LogP contribution in [0.2, 0.25) is 5.02 Å². The molecule has 6 nitrogen and oxygen atoms in total. The predicted molar refractivity (Wildman–Crippen MR) is 115 cm³/mol. The first-order valence-corrected chi connectivity index (χ1v) is 10.3. The Morgan fingerprint density at radius 1 is 1.12 bits per heavy atom. The molecule has 1 atom stereocenters. The molecule has 1 aromatic heterocycles. The van der Waals surface area contributed by atoms with Crippen LogP contribution in [-0.2, 0) is 17.8 Å². The Balaban J connectivity index is 1.56. The third kappa shape index (κ3) is 4.81. The van der Waals surface area contributed by atoms with Crippen LogP contribution in [0.3, 0.4) is 0 Å². The fourth-order valence-corrected chi connectivity index (χ4v) is 3.81. The van der Waals surface area contributed by atoms with Gasteiger partial charge in [-0.3, -0.25) is 9.78 Å². The highest BCUT2D eigenvalue weighted by Crippen LogP contribution is 2.45. The lowest BCUT2D eigenvalue weighted by molar-refractivity contribution is -0.0265. The zero-order chi connectivity index (χ0) is 24.5. The maximum absolute atomic E-state index is 14.8. The minimum atomic E-state index is -3.59. The molecule has 34 heavy (non-hydrogen) atoms. The number of pyridine rings is 1. The van der Waals surface area contributed by atoms with Crippen LogP contribution in [-0.4, -0.2) is 22.9 Å². The van der Waals surface area contributed by atoms with Crippen LogP contribution in [0.5, 0.6) is 0 Å². The SMILES string of the molecule is O=C(NC1c2c(F)ccc(C(=O)Nc3ccc(F)c(Cl)c3)c2CC1(F)F)OCc1ccccn1. The van der Waals surface area contributed by atoms with Gasteiger partial charge in [0.05, 0.1) is 10.7 Å². The number of amides is 2. The molecule has 0 fully saturated rings. The summed E-state index contributed by atoms with van der Waals surface area (Å²) >= 11 is 5.70. The van der Waals surface area contributed by atoms with Gasteiger partial charge < -0.3 is 15.4 Å². The summed E-state index contributed by atoms with van der Waals surface area (Å²) in [6.45, 7) is -0.275. The zero-order valence-electron chi connectivity index (χ0n) is 17.2. The number of fused-ring (bicyclic) bond motifs is 1.